The zero-order chi connectivity index (χ0) is 24.2. The van der Waals surface area contributed by atoms with Crippen molar-refractivity contribution in [1.82, 2.24) is 5.32 Å². The van der Waals surface area contributed by atoms with Crippen LogP contribution in [0.3, 0.4) is 0 Å². The number of rotatable bonds is 5. The molecule has 5 atom stereocenters. The number of ether oxygens (including phenoxy) is 1. The summed E-state index contributed by atoms with van der Waals surface area (Å²) in [5.41, 5.74) is 1.74. The number of benzene rings is 2. The Morgan fingerprint density at radius 2 is 1.74 bits per heavy atom. The molecule has 2 saturated heterocycles. The quantitative estimate of drug-likeness (QED) is 0.318. The summed E-state index contributed by atoms with van der Waals surface area (Å²) in [6.45, 7) is 1.86. The number of hydrogen-bond donors (Lipinski definition) is 5. The van der Waals surface area contributed by atoms with E-state index in [0.29, 0.717) is 5.56 Å². The number of amides is 1. The molecule has 0 aliphatic carbocycles. The highest BCUT2D eigenvalue weighted by atomic mass is 16.6. The minimum atomic E-state index is -1.70. The Labute approximate surface area is 197 Å². The lowest BCUT2D eigenvalue weighted by atomic mass is 9.99. The molecule has 9 nitrogen and oxygen atoms in total. The molecule has 2 aliphatic heterocycles. The van der Waals surface area contributed by atoms with Crippen LogP contribution in [0.4, 0.5) is 5.69 Å². The average Bonchev–Trinajstić information content (AvgIpc) is 2.87. The van der Waals surface area contributed by atoms with Crippen LogP contribution in [0.1, 0.15) is 24.8 Å². The second-order valence-electron chi connectivity index (χ2n) is 8.76. The molecule has 1 amide bonds. The molecular weight excluding hydrogens is 438 g/mol. The van der Waals surface area contributed by atoms with Crippen molar-refractivity contribution in [1.29, 1.82) is 5.26 Å². The molecule has 180 valence electrons. The first-order valence-electron chi connectivity index (χ1n) is 11.4. The van der Waals surface area contributed by atoms with Gasteiger partial charge in [-0.1, -0.05) is 18.2 Å². The van der Waals surface area contributed by atoms with Crippen LogP contribution < -0.4 is 10.2 Å². The summed E-state index contributed by atoms with van der Waals surface area (Å²) in [6, 6.07) is 13.9. The van der Waals surface area contributed by atoms with Crippen molar-refractivity contribution in [3.8, 4) is 6.07 Å². The summed E-state index contributed by atoms with van der Waals surface area (Å²) in [5, 5.41) is 52.9. The lowest BCUT2D eigenvalue weighted by molar-refractivity contribution is -0.280. The summed E-state index contributed by atoms with van der Waals surface area (Å²) in [5.74, 6) is -0.686. The highest BCUT2D eigenvalue weighted by Gasteiger charge is 2.42. The zero-order valence-electron chi connectivity index (χ0n) is 18.7. The Bertz CT molecular complexity index is 1110. The number of aliphatic hydroxyl groups is 4. The molecule has 0 aromatic heterocycles. The molecule has 2 aromatic carbocycles. The zero-order valence-corrected chi connectivity index (χ0v) is 18.7. The summed E-state index contributed by atoms with van der Waals surface area (Å²) in [4.78, 5) is 14.9. The van der Waals surface area contributed by atoms with E-state index in [1.165, 1.54) is 31.0 Å². The second-order valence-corrected chi connectivity index (χ2v) is 8.76. The first-order chi connectivity index (χ1) is 16.4. The van der Waals surface area contributed by atoms with Gasteiger partial charge in [-0.2, -0.15) is 5.26 Å². The fourth-order valence-corrected chi connectivity index (χ4v) is 4.39. The molecule has 9 heteroatoms. The lowest BCUT2D eigenvalue weighted by Crippen LogP contribution is -2.60. The van der Waals surface area contributed by atoms with Crippen molar-refractivity contribution >= 4 is 28.4 Å². The van der Waals surface area contributed by atoms with Crippen LogP contribution in [-0.2, 0) is 9.53 Å². The van der Waals surface area contributed by atoms with Crippen molar-refractivity contribution in [2.45, 2.75) is 50.0 Å². The maximum absolute atomic E-state index is 12.5. The van der Waals surface area contributed by atoms with E-state index in [0.717, 1.165) is 23.9 Å². The number of carbonyl (C=O) groups excluding carboxylic acids is 1. The highest BCUT2D eigenvalue weighted by Crippen LogP contribution is 2.26. The molecule has 0 spiro atoms. The minimum Gasteiger partial charge on any atom is -0.388 e. The number of fused-ring (bicyclic) bond motifs is 1. The van der Waals surface area contributed by atoms with Crippen LogP contribution in [-0.4, -0.2) is 76.7 Å². The molecule has 2 heterocycles. The van der Waals surface area contributed by atoms with Gasteiger partial charge in [-0.25, -0.2) is 0 Å². The Morgan fingerprint density at radius 1 is 1.03 bits per heavy atom. The third-order valence-electron chi connectivity index (χ3n) is 6.40. The van der Waals surface area contributed by atoms with Crippen molar-refractivity contribution in [2.24, 2.45) is 0 Å². The van der Waals surface area contributed by atoms with Crippen LogP contribution in [0.2, 0.25) is 0 Å². The molecule has 2 aromatic rings. The van der Waals surface area contributed by atoms with Crippen LogP contribution >= 0.6 is 0 Å². The third kappa shape index (κ3) is 5.22. The van der Waals surface area contributed by atoms with E-state index >= 15 is 0 Å². The maximum Gasteiger partial charge on any atom is 0.262 e. The molecule has 5 N–H and O–H groups in total. The van der Waals surface area contributed by atoms with Gasteiger partial charge >= 0.3 is 0 Å². The first kappa shape index (κ1) is 24.1. The van der Waals surface area contributed by atoms with Gasteiger partial charge < -0.3 is 35.4 Å². The molecule has 2 aliphatic rings. The summed E-state index contributed by atoms with van der Waals surface area (Å²) in [6.07, 6.45) is -2.47. The second kappa shape index (κ2) is 10.5. The topological polar surface area (TPSA) is 146 Å². The number of nitriles is 1. The van der Waals surface area contributed by atoms with Gasteiger partial charge in [-0.05, 0) is 59.9 Å². The molecule has 4 rings (SSSR count). The third-order valence-corrected chi connectivity index (χ3v) is 6.40. The van der Waals surface area contributed by atoms with Crippen molar-refractivity contribution in [3.63, 3.8) is 0 Å². The number of piperidine rings is 1. The number of nitrogens with zero attached hydrogens (tertiary/aromatic N) is 2. The van der Waals surface area contributed by atoms with Gasteiger partial charge in [0.15, 0.2) is 6.29 Å². The summed E-state index contributed by atoms with van der Waals surface area (Å²) < 4.78 is 5.04. The van der Waals surface area contributed by atoms with Gasteiger partial charge in [0.2, 0.25) is 0 Å². The van der Waals surface area contributed by atoms with E-state index in [-0.39, 0.29) is 12.1 Å². The van der Waals surface area contributed by atoms with Crippen LogP contribution in [0.5, 0.6) is 0 Å². The van der Waals surface area contributed by atoms with E-state index < -0.39 is 36.6 Å². The van der Waals surface area contributed by atoms with Crippen molar-refractivity contribution in [3.05, 3.63) is 47.5 Å². The molecule has 4 unspecified atom stereocenters. The number of aliphatic hydroxyl groups excluding tert-OH is 4. The van der Waals surface area contributed by atoms with Gasteiger partial charge in [0, 0.05) is 25.3 Å². The van der Waals surface area contributed by atoms with Gasteiger partial charge in [0.25, 0.3) is 5.91 Å². The van der Waals surface area contributed by atoms with Crippen LogP contribution in [0, 0.1) is 11.3 Å². The van der Waals surface area contributed by atoms with Crippen molar-refractivity contribution < 1.29 is 30.0 Å². The summed E-state index contributed by atoms with van der Waals surface area (Å²) in [7, 11) is 0. The van der Waals surface area contributed by atoms with Gasteiger partial charge in [-0.15, -0.1) is 0 Å². The number of carbonyl (C=O) groups is 1. The van der Waals surface area contributed by atoms with Crippen LogP contribution in [0.15, 0.2) is 42.0 Å². The fourth-order valence-electron chi connectivity index (χ4n) is 4.39. The largest absolute Gasteiger partial charge is 0.388 e. The Morgan fingerprint density at radius 3 is 2.47 bits per heavy atom. The normalized spacial score (nSPS) is 27.9. The molecule has 34 heavy (non-hydrogen) atoms. The average molecular weight is 468 g/mol. The monoisotopic (exact) mass is 467 g/mol. The molecule has 0 radical (unpaired) electrons. The predicted molar refractivity (Wildman–Crippen MR) is 126 cm³/mol. The molecule has 0 bridgehead atoms. The van der Waals surface area contributed by atoms with E-state index in [1.807, 2.05) is 30.3 Å². The van der Waals surface area contributed by atoms with Gasteiger partial charge in [0.1, 0.15) is 36.1 Å². The van der Waals surface area contributed by atoms with Crippen molar-refractivity contribution in [2.75, 3.05) is 24.5 Å². The molecular formula is C25H29N3O6. The lowest BCUT2D eigenvalue weighted by Gasteiger charge is -2.38. The molecule has 2 fully saturated rings. The van der Waals surface area contributed by atoms with E-state index in [1.54, 1.807) is 0 Å². The van der Waals surface area contributed by atoms with Gasteiger partial charge in [0.05, 0.1) is 0 Å². The summed E-state index contributed by atoms with van der Waals surface area (Å²) >= 11 is 0. The minimum absolute atomic E-state index is 0.143. The number of anilines is 1. The number of hydrogen-bond acceptors (Lipinski definition) is 8. The standard InChI is InChI=1S/C25H29N3O6/c26-13-18(24(32)27-14-20-21(29)22(30)23(31)25(33)34-20)11-15-4-5-17-12-19(7-6-16(17)10-15)28-8-2-1-3-9-28/h4-7,10-12,20-23,25,29-31,33H,1-3,8-9,14H2,(H,27,32)/b18-11-/t20?,21?,22?,23?,25-/m1/s1. The Balaban J connectivity index is 1.44. The molecule has 0 saturated carbocycles. The van der Waals surface area contributed by atoms with E-state index in [9.17, 15) is 30.5 Å². The van der Waals surface area contributed by atoms with E-state index in [2.05, 4.69) is 22.3 Å². The number of nitrogens with one attached hydrogen (secondary N) is 1. The maximum atomic E-state index is 12.5. The highest BCUT2D eigenvalue weighted by molar-refractivity contribution is 6.02. The smallest absolute Gasteiger partial charge is 0.262 e. The Kier molecular flexibility index (Phi) is 7.46. The van der Waals surface area contributed by atoms with Gasteiger partial charge in [-0.3, -0.25) is 4.79 Å². The Hall–Kier alpha value is -3.00. The van der Waals surface area contributed by atoms with Crippen LogP contribution in [0.25, 0.3) is 16.8 Å². The fraction of sp³-hybridized carbons (Fsp3) is 0.440. The van der Waals surface area contributed by atoms with E-state index in [4.69, 9.17) is 4.74 Å². The first-order valence-corrected chi connectivity index (χ1v) is 11.4. The predicted octanol–water partition coefficient (Wildman–Crippen LogP) is 0.653. The SMILES string of the molecule is N#C/C(=C/c1ccc2cc(N3CCCCC3)ccc2c1)C(=O)NCC1O[C@@H](O)C(O)C(O)C1O.